The van der Waals surface area contributed by atoms with E-state index in [1.807, 2.05) is 26.8 Å². The highest BCUT2D eigenvalue weighted by atomic mass is 35.5. The third kappa shape index (κ3) is 7.40. The van der Waals surface area contributed by atoms with E-state index in [9.17, 15) is 14.4 Å². The lowest BCUT2D eigenvalue weighted by Crippen LogP contribution is -2.34. The maximum Gasteiger partial charge on any atom is 0.326 e. The van der Waals surface area contributed by atoms with Crippen molar-refractivity contribution in [3.05, 3.63) is 62.5 Å². The molecule has 0 spiro atoms. The van der Waals surface area contributed by atoms with Crippen molar-refractivity contribution in [2.75, 3.05) is 19.8 Å². The molecule has 0 aliphatic carbocycles. The molecule has 1 heterocycles. The van der Waals surface area contributed by atoms with Crippen molar-refractivity contribution in [1.82, 2.24) is 4.90 Å². The molecule has 1 aliphatic heterocycles. The summed E-state index contributed by atoms with van der Waals surface area (Å²) in [7, 11) is 0. The molecule has 186 valence electrons. The van der Waals surface area contributed by atoms with E-state index < -0.39 is 23.7 Å². The summed E-state index contributed by atoms with van der Waals surface area (Å²) in [6.07, 6.45) is 1.58. The van der Waals surface area contributed by atoms with Crippen molar-refractivity contribution in [2.45, 2.75) is 27.4 Å². The second kappa shape index (κ2) is 12.3. The normalized spacial score (nSPS) is 14.7. The Morgan fingerprint density at radius 1 is 1.06 bits per heavy atom. The SMILES string of the molecule is CCOc1cc(/C=C2/SC(=O)N(CC(=O)OCC(C)C)C2=O)ccc1OCc1ccc(Cl)c(Cl)c1. The van der Waals surface area contributed by atoms with Crippen LogP contribution in [0.25, 0.3) is 6.08 Å². The second-order valence-corrected chi connectivity index (χ2v) is 9.83. The van der Waals surface area contributed by atoms with Gasteiger partial charge < -0.3 is 14.2 Å². The van der Waals surface area contributed by atoms with Crippen LogP contribution >= 0.6 is 35.0 Å². The lowest BCUT2D eigenvalue weighted by molar-refractivity contribution is -0.147. The standard InChI is InChI=1S/C25H25Cl2NO6S/c1-4-32-21-10-16(6-8-20(21)33-14-17-5-7-18(26)19(27)9-17)11-22-24(30)28(25(31)35-22)12-23(29)34-13-15(2)3/h5-11,15H,4,12-14H2,1-3H3/b22-11+. The third-order valence-electron chi connectivity index (χ3n) is 4.68. The van der Waals surface area contributed by atoms with Crippen LogP contribution in [0.15, 0.2) is 41.3 Å². The first-order valence-corrected chi connectivity index (χ1v) is 12.5. The fraction of sp³-hybridized carbons (Fsp3) is 0.320. The summed E-state index contributed by atoms with van der Waals surface area (Å²) < 4.78 is 16.7. The third-order valence-corrected chi connectivity index (χ3v) is 6.33. The molecule has 2 aromatic carbocycles. The summed E-state index contributed by atoms with van der Waals surface area (Å²) in [6.45, 7) is 6.11. The Morgan fingerprint density at radius 2 is 1.83 bits per heavy atom. The lowest BCUT2D eigenvalue weighted by Gasteiger charge is -2.13. The summed E-state index contributed by atoms with van der Waals surface area (Å²) in [5.74, 6) is -0.0122. The van der Waals surface area contributed by atoms with Crippen LogP contribution in [0.1, 0.15) is 31.9 Å². The van der Waals surface area contributed by atoms with Crippen LogP contribution in [0, 0.1) is 5.92 Å². The molecule has 0 atom stereocenters. The highest BCUT2D eigenvalue weighted by molar-refractivity contribution is 8.18. The number of thioether (sulfide) groups is 1. The van der Waals surface area contributed by atoms with Crippen molar-refractivity contribution in [1.29, 1.82) is 0 Å². The molecule has 7 nitrogen and oxygen atoms in total. The topological polar surface area (TPSA) is 82.1 Å². The Labute approximate surface area is 218 Å². The maximum absolute atomic E-state index is 12.7. The van der Waals surface area contributed by atoms with Crippen LogP contribution in [0.4, 0.5) is 4.79 Å². The number of carbonyl (C=O) groups is 3. The van der Waals surface area contributed by atoms with Gasteiger partial charge in [0.15, 0.2) is 11.5 Å². The molecule has 0 saturated carbocycles. The Kier molecular flexibility index (Phi) is 9.48. The van der Waals surface area contributed by atoms with Gasteiger partial charge in [0, 0.05) is 0 Å². The summed E-state index contributed by atoms with van der Waals surface area (Å²) in [6, 6.07) is 10.4. The van der Waals surface area contributed by atoms with Gasteiger partial charge in [0.2, 0.25) is 0 Å². The number of hydrogen-bond acceptors (Lipinski definition) is 7. The minimum atomic E-state index is -0.621. The predicted molar refractivity (Wildman–Crippen MR) is 137 cm³/mol. The summed E-state index contributed by atoms with van der Waals surface area (Å²) in [5, 5.41) is 0.385. The Hall–Kier alpha value is -2.68. The lowest BCUT2D eigenvalue weighted by atomic mass is 10.1. The molecule has 0 bridgehead atoms. The molecular weight excluding hydrogens is 513 g/mol. The van der Waals surface area contributed by atoms with Crippen LogP contribution < -0.4 is 9.47 Å². The average molecular weight is 538 g/mol. The molecule has 35 heavy (non-hydrogen) atoms. The number of ether oxygens (including phenoxy) is 3. The summed E-state index contributed by atoms with van der Waals surface area (Å²) in [5.41, 5.74) is 1.48. The van der Waals surface area contributed by atoms with E-state index in [2.05, 4.69) is 0 Å². The van der Waals surface area contributed by atoms with Gasteiger partial charge in [0.1, 0.15) is 13.2 Å². The molecule has 0 N–H and O–H groups in total. The minimum Gasteiger partial charge on any atom is -0.490 e. The van der Waals surface area contributed by atoms with Gasteiger partial charge in [-0.2, -0.15) is 0 Å². The monoisotopic (exact) mass is 537 g/mol. The van der Waals surface area contributed by atoms with E-state index in [1.165, 1.54) is 0 Å². The molecule has 0 aromatic heterocycles. The van der Waals surface area contributed by atoms with Gasteiger partial charge in [-0.3, -0.25) is 19.3 Å². The number of imide groups is 1. The minimum absolute atomic E-state index is 0.157. The fourth-order valence-electron chi connectivity index (χ4n) is 3.01. The molecule has 3 rings (SSSR count). The Bertz CT molecular complexity index is 1150. The van der Waals surface area contributed by atoms with Gasteiger partial charge in [-0.05, 0) is 66.1 Å². The molecule has 2 aromatic rings. The molecule has 1 fully saturated rings. The molecule has 0 unspecified atom stereocenters. The predicted octanol–water partition coefficient (Wildman–Crippen LogP) is 6.21. The van der Waals surface area contributed by atoms with Crippen molar-refractivity contribution in [2.24, 2.45) is 5.92 Å². The van der Waals surface area contributed by atoms with Crippen molar-refractivity contribution >= 4 is 58.2 Å². The first-order valence-electron chi connectivity index (χ1n) is 10.9. The molecule has 1 aliphatic rings. The number of benzene rings is 2. The first-order chi connectivity index (χ1) is 16.7. The van der Waals surface area contributed by atoms with Crippen LogP contribution in [0.5, 0.6) is 11.5 Å². The van der Waals surface area contributed by atoms with Crippen LogP contribution in [0.2, 0.25) is 10.0 Å². The molecule has 1 saturated heterocycles. The number of nitrogens with zero attached hydrogens (tertiary/aromatic N) is 1. The zero-order valence-corrected chi connectivity index (χ0v) is 21.8. The van der Waals surface area contributed by atoms with Gasteiger partial charge in [-0.25, -0.2) is 0 Å². The van der Waals surface area contributed by atoms with Crippen molar-refractivity contribution in [3.8, 4) is 11.5 Å². The Balaban J connectivity index is 1.72. The van der Waals surface area contributed by atoms with Gasteiger partial charge in [-0.15, -0.1) is 0 Å². The molecular formula is C25H25Cl2NO6S. The molecule has 0 radical (unpaired) electrons. The van der Waals surface area contributed by atoms with E-state index in [-0.39, 0.29) is 24.0 Å². The maximum atomic E-state index is 12.7. The number of hydrogen-bond donors (Lipinski definition) is 0. The number of rotatable bonds is 10. The second-order valence-electron chi connectivity index (χ2n) is 8.02. The highest BCUT2D eigenvalue weighted by Crippen LogP contribution is 2.35. The van der Waals surface area contributed by atoms with Gasteiger partial charge in [0.25, 0.3) is 11.1 Å². The quantitative estimate of drug-likeness (QED) is 0.263. The van der Waals surface area contributed by atoms with E-state index >= 15 is 0 Å². The first kappa shape index (κ1) is 26.9. The zero-order valence-electron chi connectivity index (χ0n) is 19.5. The number of carbonyl (C=O) groups excluding carboxylic acids is 3. The Morgan fingerprint density at radius 3 is 2.51 bits per heavy atom. The van der Waals surface area contributed by atoms with E-state index in [1.54, 1.807) is 36.4 Å². The van der Waals surface area contributed by atoms with Crippen LogP contribution in [-0.2, 0) is 20.9 Å². The van der Waals surface area contributed by atoms with Gasteiger partial charge >= 0.3 is 5.97 Å². The van der Waals surface area contributed by atoms with E-state index in [4.69, 9.17) is 37.4 Å². The zero-order chi connectivity index (χ0) is 25.5. The fourth-order valence-corrected chi connectivity index (χ4v) is 4.17. The van der Waals surface area contributed by atoms with E-state index in [0.29, 0.717) is 33.7 Å². The summed E-state index contributed by atoms with van der Waals surface area (Å²) in [4.78, 5) is 38.1. The average Bonchev–Trinajstić information content (AvgIpc) is 3.07. The van der Waals surface area contributed by atoms with Crippen molar-refractivity contribution in [3.63, 3.8) is 0 Å². The van der Waals surface area contributed by atoms with Crippen LogP contribution in [-0.4, -0.2) is 41.8 Å². The number of halogens is 2. The highest BCUT2D eigenvalue weighted by Gasteiger charge is 2.36. The van der Waals surface area contributed by atoms with Gasteiger partial charge in [0.05, 0.1) is 28.2 Å². The number of amides is 2. The van der Waals surface area contributed by atoms with Gasteiger partial charge in [-0.1, -0.05) is 49.2 Å². The van der Waals surface area contributed by atoms with E-state index in [0.717, 1.165) is 22.2 Å². The van der Waals surface area contributed by atoms with Crippen molar-refractivity contribution < 1.29 is 28.6 Å². The number of esters is 1. The smallest absolute Gasteiger partial charge is 0.326 e. The van der Waals surface area contributed by atoms with Crippen LogP contribution in [0.3, 0.4) is 0 Å². The largest absolute Gasteiger partial charge is 0.490 e. The molecule has 10 heteroatoms. The summed E-state index contributed by atoms with van der Waals surface area (Å²) >= 11 is 12.8. The molecule has 2 amide bonds.